The lowest BCUT2D eigenvalue weighted by atomic mass is 10.1. The number of methoxy groups -OCH3 is 1. The molecule has 1 aliphatic carbocycles. The van der Waals surface area contributed by atoms with Gasteiger partial charge in [-0.2, -0.15) is 0 Å². The molecular weight excluding hydrogens is 376 g/mol. The van der Waals surface area contributed by atoms with Crippen molar-refractivity contribution in [2.24, 2.45) is 0 Å². The van der Waals surface area contributed by atoms with Gasteiger partial charge in [-0.3, -0.25) is 9.59 Å². The van der Waals surface area contributed by atoms with Gasteiger partial charge in [0.1, 0.15) is 16.5 Å². The average Bonchev–Trinajstić information content (AvgIpc) is 3.43. The van der Waals surface area contributed by atoms with Gasteiger partial charge < -0.3 is 19.8 Å². The number of furan rings is 1. The largest absolute Gasteiger partial charge is 0.496 e. The van der Waals surface area contributed by atoms with Gasteiger partial charge in [-0.25, -0.2) is 0 Å². The minimum absolute atomic E-state index is 0.203. The normalized spacial score (nSPS) is 12.5. The summed E-state index contributed by atoms with van der Waals surface area (Å²) in [7, 11) is 1.53. The van der Waals surface area contributed by atoms with Crippen LogP contribution in [0, 0.1) is 0 Å². The van der Waals surface area contributed by atoms with E-state index >= 15 is 0 Å². The predicted octanol–water partition coefficient (Wildman–Crippen LogP) is 4.02. The highest BCUT2D eigenvalue weighted by Gasteiger charge is 2.28. The Balaban J connectivity index is 1.59. The summed E-state index contributed by atoms with van der Waals surface area (Å²) in [5, 5.41) is 6.39. The number of ether oxygens (including phenoxy) is 1. The number of para-hydroxylation sites is 1. The van der Waals surface area contributed by atoms with Crippen LogP contribution in [0.3, 0.4) is 0 Å². The summed E-state index contributed by atoms with van der Waals surface area (Å²) in [6.07, 6.45) is 4.38. The smallest absolute Gasteiger partial charge is 0.260 e. The number of fused-ring (bicyclic) bond motifs is 1. The van der Waals surface area contributed by atoms with Crippen LogP contribution in [0.2, 0.25) is 0 Å². The number of carbonyl (C=O) groups excluding carboxylic acids is 2. The minimum atomic E-state index is -0.294. The van der Waals surface area contributed by atoms with Crippen LogP contribution in [0.15, 0.2) is 47.1 Å². The molecule has 28 heavy (non-hydrogen) atoms. The first-order valence-electron chi connectivity index (χ1n) is 9.07. The van der Waals surface area contributed by atoms with Gasteiger partial charge in [-0.05, 0) is 49.1 Å². The summed E-state index contributed by atoms with van der Waals surface area (Å²) in [5.41, 5.74) is 2.03. The zero-order chi connectivity index (χ0) is 19.5. The summed E-state index contributed by atoms with van der Waals surface area (Å²) >= 11 is 1.48. The molecular formula is C21H20N2O4S. The number of anilines is 1. The highest BCUT2D eigenvalue weighted by molar-refractivity contribution is 7.17. The van der Waals surface area contributed by atoms with Crippen molar-refractivity contribution >= 4 is 28.2 Å². The van der Waals surface area contributed by atoms with E-state index < -0.39 is 0 Å². The SMILES string of the molecule is COc1ccccc1C(=O)Nc1sc2c(c1C(=O)NCc1ccco1)CCC2. The fourth-order valence-corrected chi connectivity index (χ4v) is 4.69. The lowest BCUT2D eigenvalue weighted by Crippen LogP contribution is -2.25. The first-order valence-corrected chi connectivity index (χ1v) is 9.88. The molecule has 0 aliphatic heterocycles. The molecule has 3 aromatic rings. The van der Waals surface area contributed by atoms with Gasteiger partial charge in [-0.1, -0.05) is 12.1 Å². The standard InChI is InChI=1S/C21H20N2O4S/c1-26-16-9-3-2-7-14(16)19(24)23-21-18(15-8-4-10-17(15)28-21)20(25)22-12-13-6-5-11-27-13/h2-3,5-7,9,11H,4,8,10,12H2,1H3,(H,22,25)(H,23,24). The quantitative estimate of drug-likeness (QED) is 0.659. The van der Waals surface area contributed by atoms with Crippen molar-refractivity contribution in [3.05, 3.63) is 70.0 Å². The topological polar surface area (TPSA) is 80.6 Å². The molecule has 144 valence electrons. The maximum atomic E-state index is 12.9. The van der Waals surface area contributed by atoms with Gasteiger partial charge in [0.25, 0.3) is 11.8 Å². The molecule has 1 aliphatic rings. The number of hydrogen-bond donors (Lipinski definition) is 2. The molecule has 6 nitrogen and oxygen atoms in total. The Kier molecular flexibility index (Phi) is 5.16. The van der Waals surface area contributed by atoms with Crippen molar-refractivity contribution < 1.29 is 18.7 Å². The number of amides is 2. The van der Waals surface area contributed by atoms with Crippen molar-refractivity contribution in [1.82, 2.24) is 5.32 Å². The third kappa shape index (κ3) is 3.53. The van der Waals surface area contributed by atoms with Crippen LogP contribution in [0.25, 0.3) is 0 Å². The van der Waals surface area contributed by atoms with Crippen LogP contribution < -0.4 is 15.4 Å². The average molecular weight is 396 g/mol. The van der Waals surface area contributed by atoms with Crippen LogP contribution in [0.1, 0.15) is 43.3 Å². The second-order valence-corrected chi connectivity index (χ2v) is 7.58. The lowest BCUT2D eigenvalue weighted by Gasteiger charge is -2.11. The second-order valence-electron chi connectivity index (χ2n) is 6.48. The fraction of sp³-hybridized carbons (Fsp3) is 0.238. The molecule has 4 rings (SSSR count). The fourth-order valence-electron chi connectivity index (χ4n) is 3.40. The third-order valence-corrected chi connectivity index (χ3v) is 5.94. The van der Waals surface area contributed by atoms with Crippen molar-refractivity contribution in [3.8, 4) is 5.75 Å². The Morgan fingerprint density at radius 2 is 2.00 bits per heavy atom. The highest BCUT2D eigenvalue weighted by atomic mass is 32.1. The van der Waals surface area contributed by atoms with E-state index in [4.69, 9.17) is 9.15 Å². The minimum Gasteiger partial charge on any atom is -0.496 e. The van der Waals surface area contributed by atoms with E-state index in [-0.39, 0.29) is 11.8 Å². The molecule has 0 atom stereocenters. The molecule has 2 amide bonds. The number of rotatable bonds is 6. The van der Waals surface area contributed by atoms with E-state index in [1.807, 2.05) is 12.1 Å². The molecule has 0 spiro atoms. The molecule has 0 saturated carbocycles. The Morgan fingerprint density at radius 1 is 1.14 bits per heavy atom. The Bertz CT molecular complexity index is 1010. The van der Waals surface area contributed by atoms with E-state index in [2.05, 4.69) is 10.6 Å². The van der Waals surface area contributed by atoms with E-state index in [9.17, 15) is 9.59 Å². The summed E-state index contributed by atoms with van der Waals surface area (Å²) in [6, 6.07) is 10.6. The zero-order valence-corrected chi connectivity index (χ0v) is 16.2. The lowest BCUT2D eigenvalue weighted by molar-refractivity contribution is 0.0948. The number of benzene rings is 1. The maximum absolute atomic E-state index is 12.9. The molecule has 7 heteroatoms. The highest BCUT2D eigenvalue weighted by Crippen LogP contribution is 2.39. The van der Waals surface area contributed by atoms with Crippen LogP contribution in [0.5, 0.6) is 5.75 Å². The molecule has 2 aromatic heterocycles. The number of carbonyl (C=O) groups is 2. The second kappa shape index (κ2) is 7.90. The van der Waals surface area contributed by atoms with Crippen molar-refractivity contribution in [2.75, 3.05) is 12.4 Å². The van der Waals surface area contributed by atoms with Crippen molar-refractivity contribution in [1.29, 1.82) is 0 Å². The third-order valence-electron chi connectivity index (χ3n) is 4.73. The van der Waals surface area contributed by atoms with Crippen LogP contribution in [-0.2, 0) is 19.4 Å². The molecule has 0 bridgehead atoms. The Hall–Kier alpha value is -3.06. The number of hydrogen-bond acceptors (Lipinski definition) is 5. The van der Waals surface area contributed by atoms with Gasteiger partial charge in [0.05, 0.1) is 31.0 Å². The molecule has 0 fully saturated rings. The number of thiophene rings is 1. The molecule has 0 radical (unpaired) electrons. The van der Waals surface area contributed by atoms with Gasteiger partial charge in [0.2, 0.25) is 0 Å². The molecule has 2 heterocycles. The first-order chi connectivity index (χ1) is 13.7. The van der Waals surface area contributed by atoms with E-state index in [1.54, 1.807) is 30.5 Å². The maximum Gasteiger partial charge on any atom is 0.260 e. The van der Waals surface area contributed by atoms with Crippen LogP contribution in [0.4, 0.5) is 5.00 Å². The number of nitrogens with one attached hydrogen (secondary N) is 2. The Morgan fingerprint density at radius 3 is 2.79 bits per heavy atom. The zero-order valence-electron chi connectivity index (χ0n) is 15.4. The van der Waals surface area contributed by atoms with E-state index in [1.165, 1.54) is 23.3 Å². The molecule has 0 unspecified atom stereocenters. The summed E-state index contributed by atoms with van der Waals surface area (Å²) in [5.74, 6) is 0.677. The summed E-state index contributed by atoms with van der Waals surface area (Å²) < 4.78 is 10.6. The predicted molar refractivity (Wildman–Crippen MR) is 107 cm³/mol. The Labute approximate surface area is 166 Å². The van der Waals surface area contributed by atoms with Gasteiger partial charge >= 0.3 is 0 Å². The summed E-state index contributed by atoms with van der Waals surface area (Å²) in [6.45, 7) is 0.302. The monoisotopic (exact) mass is 396 g/mol. The van der Waals surface area contributed by atoms with Crippen molar-refractivity contribution in [3.63, 3.8) is 0 Å². The first kappa shape index (κ1) is 18.3. The van der Waals surface area contributed by atoms with Crippen LogP contribution in [-0.4, -0.2) is 18.9 Å². The van der Waals surface area contributed by atoms with Gasteiger partial charge in [0, 0.05) is 4.88 Å². The van der Waals surface area contributed by atoms with E-state index in [0.717, 1.165) is 24.8 Å². The molecule has 2 N–H and O–H groups in total. The van der Waals surface area contributed by atoms with E-state index in [0.29, 0.717) is 34.2 Å². The van der Waals surface area contributed by atoms with Crippen LogP contribution >= 0.6 is 11.3 Å². The van der Waals surface area contributed by atoms with Crippen molar-refractivity contribution in [2.45, 2.75) is 25.8 Å². The number of aryl methyl sites for hydroxylation is 1. The molecule has 1 aromatic carbocycles. The molecule has 0 saturated heterocycles. The summed E-state index contributed by atoms with van der Waals surface area (Å²) in [4.78, 5) is 26.9. The van der Waals surface area contributed by atoms with Gasteiger partial charge in [-0.15, -0.1) is 11.3 Å². The van der Waals surface area contributed by atoms with Gasteiger partial charge in [0.15, 0.2) is 0 Å².